The van der Waals surface area contributed by atoms with E-state index in [0.29, 0.717) is 39.1 Å². The largest absolute Gasteiger partial charge is 0.495 e. The van der Waals surface area contributed by atoms with Crippen LogP contribution in [-0.2, 0) is 11.3 Å². The molecule has 9 heteroatoms. The minimum atomic E-state index is -0.247. The third-order valence-corrected chi connectivity index (χ3v) is 5.80. The van der Waals surface area contributed by atoms with Gasteiger partial charge in [0.05, 0.1) is 29.5 Å². The fraction of sp³-hybridized carbons (Fsp3) is 0.250. The van der Waals surface area contributed by atoms with Gasteiger partial charge in [-0.1, -0.05) is 46.2 Å². The van der Waals surface area contributed by atoms with Crippen LogP contribution >= 0.6 is 39.3 Å². The van der Waals surface area contributed by atoms with Gasteiger partial charge in [0.2, 0.25) is 5.91 Å². The summed E-state index contributed by atoms with van der Waals surface area (Å²) in [6.07, 6.45) is 0.778. The molecule has 0 saturated heterocycles. The second-order valence-corrected chi connectivity index (χ2v) is 8.49. The van der Waals surface area contributed by atoms with E-state index in [0.717, 1.165) is 10.9 Å². The Bertz CT molecular complexity index is 1120. The molecule has 3 rings (SSSR count). The Morgan fingerprint density at radius 2 is 2.10 bits per heavy atom. The van der Waals surface area contributed by atoms with Gasteiger partial charge in [-0.3, -0.25) is 14.2 Å². The molecule has 6 nitrogen and oxygen atoms in total. The van der Waals surface area contributed by atoms with Crippen molar-refractivity contribution in [1.82, 2.24) is 9.55 Å². The van der Waals surface area contributed by atoms with Crippen LogP contribution in [0.25, 0.3) is 10.9 Å². The number of ether oxygens (including phenoxy) is 1. The Kier molecular flexibility index (Phi) is 7.21. The van der Waals surface area contributed by atoms with Gasteiger partial charge in [0.1, 0.15) is 5.75 Å². The van der Waals surface area contributed by atoms with Gasteiger partial charge in [0, 0.05) is 16.0 Å². The van der Waals surface area contributed by atoms with Crippen LogP contribution in [0.2, 0.25) is 5.02 Å². The predicted molar refractivity (Wildman–Crippen MR) is 121 cm³/mol. The van der Waals surface area contributed by atoms with E-state index in [1.807, 2.05) is 13.0 Å². The second kappa shape index (κ2) is 9.65. The highest BCUT2D eigenvalue weighted by molar-refractivity contribution is 9.10. The van der Waals surface area contributed by atoms with E-state index in [-0.39, 0.29) is 17.2 Å². The smallest absolute Gasteiger partial charge is 0.262 e. The summed E-state index contributed by atoms with van der Waals surface area (Å²) in [5.74, 6) is 0.363. The van der Waals surface area contributed by atoms with Crippen molar-refractivity contribution < 1.29 is 9.53 Å². The van der Waals surface area contributed by atoms with Crippen molar-refractivity contribution in [1.29, 1.82) is 0 Å². The Balaban J connectivity index is 1.83. The number of hydrogen-bond acceptors (Lipinski definition) is 5. The molecule has 0 fully saturated rings. The van der Waals surface area contributed by atoms with Crippen molar-refractivity contribution in [2.75, 3.05) is 18.2 Å². The number of thioether (sulfide) groups is 1. The van der Waals surface area contributed by atoms with Gasteiger partial charge in [-0.05, 0) is 42.8 Å². The number of amides is 1. The lowest BCUT2D eigenvalue weighted by molar-refractivity contribution is -0.113. The minimum absolute atomic E-state index is 0.0911. The van der Waals surface area contributed by atoms with Crippen LogP contribution in [-0.4, -0.2) is 28.3 Å². The summed E-state index contributed by atoms with van der Waals surface area (Å²) in [5.41, 5.74) is 0.982. The van der Waals surface area contributed by atoms with E-state index in [9.17, 15) is 9.59 Å². The van der Waals surface area contributed by atoms with Gasteiger partial charge in [-0.15, -0.1) is 0 Å². The average molecular weight is 497 g/mol. The molecule has 0 aliphatic carbocycles. The molecule has 0 aliphatic heterocycles. The number of methoxy groups -OCH3 is 1. The van der Waals surface area contributed by atoms with Crippen LogP contribution < -0.4 is 15.6 Å². The number of halogens is 2. The lowest BCUT2D eigenvalue weighted by atomic mass is 10.2. The number of hydrogen-bond donors (Lipinski definition) is 1. The number of benzene rings is 2. The standard InChI is InChI=1S/C20H19BrClN3O3S/c1-3-8-25-19(27)14-9-12(21)4-6-15(14)24-20(25)29-11-18(26)23-16-10-13(22)5-7-17(16)28-2/h4-7,9-10H,3,8,11H2,1-2H3,(H,23,26). The molecule has 152 valence electrons. The number of anilines is 1. The summed E-state index contributed by atoms with van der Waals surface area (Å²) in [6, 6.07) is 10.4. The van der Waals surface area contributed by atoms with Gasteiger partial charge in [0.15, 0.2) is 5.16 Å². The number of rotatable bonds is 7. The molecule has 0 saturated carbocycles. The summed E-state index contributed by atoms with van der Waals surface area (Å²) < 4.78 is 7.69. The Morgan fingerprint density at radius 1 is 1.31 bits per heavy atom. The molecule has 1 amide bonds. The van der Waals surface area contributed by atoms with Crippen LogP contribution in [0.4, 0.5) is 5.69 Å². The van der Waals surface area contributed by atoms with E-state index in [2.05, 4.69) is 26.2 Å². The predicted octanol–water partition coefficient (Wildman–Crippen LogP) is 4.96. The normalized spacial score (nSPS) is 10.9. The highest BCUT2D eigenvalue weighted by atomic mass is 79.9. The first kappa shape index (κ1) is 21.7. The van der Waals surface area contributed by atoms with Crippen molar-refractivity contribution in [3.63, 3.8) is 0 Å². The molecule has 1 N–H and O–H groups in total. The zero-order chi connectivity index (χ0) is 21.0. The molecule has 0 spiro atoms. The van der Waals surface area contributed by atoms with Crippen LogP contribution in [0, 0.1) is 0 Å². The zero-order valence-corrected chi connectivity index (χ0v) is 19.0. The fourth-order valence-electron chi connectivity index (χ4n) is 2.80. The van der Waals surface area contributed by atoms with Crippen molar-refractivity contribution in [3.8, 4) is 5.75 Å². The number of aromatic nitrogens is 2. The highest BCUT2D eigenvalue weighted by Gasteiger charge is 2.14. The minimum Gasteiger partial charge on any atom is -0.495 e. The van der Waals surface area contributed by atoms with Crippen LogP contribution in [0.5, 0.6) is 5.75 Å². The van der Waals surface area contributed by atoms with Crippen molar-refractivity contribution >= 4 is 61.8 Å². The van der Waals surface area contributed by atoms with Gasteiger partial charge < -0.3 is 10.1 Å². The van der Waals surface area contributed by atoms with Crippen LogP contribution in [0.1, 0.15) is 13.3 Å². The molecule has 0 bridgehead atoms. The third-order valence-electron chi connectivity index (χ3n) is 4.10. The first-order valence-electron chi connectivity index (χ1n) is 8.89. The summed E-state index contributed by atoms with van der Waals surface area (Å²) in [5, 5.41) is 4.35. The first-order chi connectivity index (χ1) is 13.9. The monoisotopic (exact) mass is 495 g/mol. The molecular formula is C20H19BrClN3O3S. The fourth-order valence-corrected chi connectivity index (χ4v) is 4.16. The van der Waals surface area contributed by atoms with Crippen molar-refractivity contribution in [2.45, 2.75) is 25.0 Å². The maximum absolute atomic E-state index is 12.9. The SMILES string of the molecule is CCCn1c(SCC(=O)Nc2cc(Cl)ccc2OC)nc2ccc(Br)cc2c1=O. The summed E-state index contributed by atoms with van der Waals surface area (Å²) in [7, 11) is 1.52. The van der Waals surface area contributed by atoms with E-state index < -0.39 is 0 Å². The Labute approximate surface area is 185 Å². The molecule has 1 aromatic heterocycles. The van der Waals surface area contributed by atoms with Gasteiger partial charge >= 0.3 is 0 Å². The lowest BCUT2D eigenvalue weighted by Gasteiger charge is -2.13. The number of carbonyl (C=O) groups excluding carboxylic acids is 1. The zero-order valence-electron chi connectivity index (χ0n) is 15.9. The van der Waals surface area contributed by atoms with E-state index in [1.54, 1.807) is 34.9 Å². The molecule has 0 unspecified atom stereocenters. The van der Waals surface area contributed by atoms with Gasteiger partial charge in [-0.25, -0.2) is 4.98 Å². The topological polar surface area (TPSA) is 73.2 Å². The quantitative estimate of drug-likeness (QED) is 0.370. The molecule has 0 aliphatic rings. The van der Waals surface area contributed by atoms with Gasteiger partial charge in [0.25, 0.3) is 5.56 Å². The van der Waals surface area contributed by atoms with Gasteiger partial charge in [-0.2, -0.15) is 0 Å². The maximum atomic E-state index is 12.9. The Hall–Kier alpha value is -2.03. The summed E-state index contributed by atoms with van der Waals surface area (Å²) in [4.78, 5) is 30.0. The third kappa shape index (κ3) is 5.12. The summed E-state index contributed by atoms with van der Waals surface area (Å²) in [6.45, 7) is 2.52. The van der Waals surface area contributed by atoms with Crippen molar-refractivity contribution in [2.24, 2.45) is 0 Å². The van der Waals surface area contributed by atoms with E-state index in [1.165, 1.54) is 18.9 Å². The Morgan fingerprint density at radius 3 is 2.83 bits per heavy atom. The summed E-state index contributed by atoms with van der Waals surface area (Å²) >= 11 is 10.6. The van der Waals surface area contributed by atoms with Crippen LogP contribution in [0.3, 0.4) is 0 Å². The number of nitrogens with zero attached hydrogens (tertiary/aromatic N) is 2. The maximum Gasteiger partial charge on any atom is 0.262 e. The van der Waals surface area contributed by atoms with Crippen LogP contribution in [0.15, 0.2) is 50.8 Å². The average Bonchev–Trinajstić information content (AvgIpc) is 2.69. The number of nitrogens with one attached hydrogen (secondary N) is 1. The molecular weight excluding hydrogens is 478 g/mol. The highest BCUT2D eigenvalue weighted by Crippen LogP contribution is 2.28. The number of fused-ring (bicyclic) bond motifs is 1. The molecule has 3 aromatic rings. The molecule has 0 atom stereocenters. The molecule has 29 heavy (non-hydrogen) atoms. The van der Waals surface area contributed by atoms with E-state index in [4.69, 9.17) is 16.3 Å². The molecule has 2 aromatic carbocycles. The van der Waals surface area contributed by atoms with E-state index >= 15 is 0 Å². The molecule has 0 radical (unpaired) electrons. The second-order valence-electron chi connectivity index (χ2n) is 6.19. The number of carbonyl (C=O) groups is 1. The van der Waals surface area contributed by atoms with Crippen molar-refractivity contribution in [3.05, 3.63) is 56.2 Å². The first-order valence-corrected chi connectivity index (χ1v) is 11.0. The lowest BCUT2D eigenvalue weighted by Crippen LogP contribution is -2.24. The molecule has 1 heterocycles.